The van der Waals surface area contributed by atoms with E-state index in [0.29, 0.717) is 24.7 Å². The molecule has 0 atom stereocenters. The molecule has 2 aliphatic heterocycles. The lowest BCUT2D eigenvalue weighted by Crippen LogP contribution is -2.47. The Morgan fingerprint density at radius 2 is 1.88 bits per heavy atom. The van der Waals surface area contributed by atoms with Crippen LogP contribution in [0.5, 0.6) is 0 Å². The van der Waals surface area contributed by atoms with Gasteiger partial charge in [0.25, 0.3) is 10.0 Å². The SMILES string of the molecule is CC(=O)Nc1ccc(C)cc1S(=O)(=O)N1CCN=C1N1CCCCC1. The van der Waals surface area contributed by atoms with Crippen molar-refractivity contribution in [1.82, 2.24) is 9.21 Å². The molecule has 1 saturated heterocycles. The van der Waals surface area contributed by atoms with Crippen molar-refractivity contribution in [3.63, 3.8) is 0 Å². The molecule has 1 fully saturated rings. The number of piperidine rings is 1. The second-order valence-electron chi connectivity index (χ2n) is 6.49. The Hall–Kier alpha value is -2.09. The molecule has 1 aromatic rings. The Morgan fingerprint density at radius 1 is 1.16 bits per heavy atom. The molecule has 0 aromatic heterocycles. The van der Waals surface area contributed by atoms with Gasteiger partial charge in [-0.2, -0.15) is 0 Å². The number of nitrogens with zero attached hydrogens (tertiary/aromatic N) is 3. The van der Waals surface area contributed by atoms with Crippen LogP contribution in [0, 0.1) is 6.92 Å². The summed E-state index contributed by atoms with van der Waals surface area (Å²) < 4.78 is 28.0. The molecule has 2 aliphatic rings. The van der Waals surface area contributed by atoms with Crippen molar-refractivity contribution < 1.29 is 13.2 Å². The van der Waals surface area contributed by atoms with E-state index < -0.39 is 10.0 Å². The van der Waals surface area contributed by atoms with Crippen molar-refractivity contribution >= 4 is 27.6 Å². The number of anilines is 1. The normalized spacial score (nSPS) is 18.2. The highest BCUT2D eigenvalue weighted by Crippen LogP contribution is 2.28. The predicted octanol–water partition coefficient (Wildman–Crippen LogP) is 1.80. The molecule has 0 saturated carbocycles. The van der Waals surface area contributed by atoms with Crippen molar-refractivity contribution in [1.29, 1.82) is 0 Å². The van der Waals surface area contributed by atoms with E-state index in [0.717, 1.165) is 31.5 Å². The summed E-state index contributed by atoms with van der Waals surface area (Å²) in [5, 5.41) is 2.63. The smallest absolute Gasteiger partial charge is 0.268 e. The van der Waals surface area contributed by atoms with Gasteiger partial charge >= 0.3 is 0 Å². The minimum absolute atomic E-state index is 0.120. The minimum Gasteiger partial charge on any atom is -0.342 e. The fraction of sp³-hybridized carbons (Fsp3) is 0.529. The Kier molecular flexibility index (Phi) is 4.99. The summed E-state index contributed by atoms with van der Waals surface area (Å²) in [7, 11) is -3.79. The maximum Gasteiger partial charge on any atom is 0.268 e. The number of guanidine groups is 1. The molecule has 8 heteroatoms. The first-order valence-corrected chi connectivity index (χ1v) is 10.0. The summed E-state index contributed by atoms with van der Waals surface area (Å²) in [6, 6.07) is 5.03. The van der Waals surface area contributed by atoms with Gasteiger partial charge < -0.3 is 10.2 Å². The summed E-state index contributed by atoms with van der Waals surface area (Å²) in [6.07, 6.45) is 3.27. The van der Waals surface area contributed by atoms with Gasteiger partial charge in [0.2, 0.25) is 11.9 Å². The highest BCUT2D eigenvalue weighted by atomic mass is 32.2. The molecule has 0 spiro atoms. The number of carbonyl (C=O) groups is 1. The fourth-order valence-electron chi connectivity index (χ4n) is 3.25. The summed E-state index contributed by atoms with van der Waals surface area (Å²) in [5.74, 6) is 0.238. The van der Waals surface area contributed by atoms with Gasteiger partial charge in [-0.3, -0.25) is 9.79 Å². The first kappa shape index (κ1) is 17.7. The Morgan fingerprint density at radius 3 is 2.56 bits per heavy atom. The Balaban J connectivity index is 1.97. The number of sulfonamides is 1. The van der Waals surface area contributed by atoms with Crippen LogP contribution in [0.25, 0.3) is 0 Å². The van der Waals surface area contributed by atoms with E-state index in [1.54, 1.807) is 18.2 Å². The highest BCUT2D eigenvalue weighted by Gasteiger charge is 2.35. The number of likely N-dealkylation sites (tertiary alicyclic amines) is 1. The van der Waals surface area contributed by atoms with Crippen LogP contribution in [-0.4, -0.2) is 55.7 Å². The first-order valence-electron chi connectivity index (χ1n) is 8.60. The van der Waals surface area contributed by atoms with E-state index in [-0.39, 0.29) is 10.8 Å². The lowest BCUT2D eigenvalue weighted by Gasteiger charge is -2.33. The van der Waals surface area contributed by atoms with Crippen molar-refractivity contribution in [3.05, 3.63) is 23.8 Å². The van der Waals surface area contributed by atoms with Gasteiger partial charge in [0, 0.05) is 20.0 Å². The van der Waals surface area contributed by atoms with Gasteiger partial charge in [-0.15, -0.1) is 0 Å². The van der Waals surface area contributed by atoms with Crippen LogP contribution in [-0.2, 0) is 14.8 Å². The van der Waals surface area contributed by atoms with Crippen LogP contribution in [0.2, 0.25) is 0 Å². The monoisotopic (exact) mass is 364 g/mol. The lowest BCUT2D eigenvalue weighted by atomic mass is 10.1. The number of nitrogens with one attached hydrogen (secondary N) is 1. The first-order chi connectivity index (χ1) is 11.9. The maximum absolute atomic E-state index is 13.3. The number of hydrogen-bond donors (Lipinski definition) is 1. The van der Waals surface area contributed by atoms with Crippen LogP contribution in [0.1, 0.15) is 31.7 Å². The quantitative estimate of drug-likeness (QED) is 0.887. The predicted molar refractivity (Wildman–Crippen MR) is 97.1 cm³/mol. The second-order valence-corrected chi connectivity index (χ2v) is 8.32. The average molecular weight is 364 g/mol. The third-order valence-electron chi connectivity index (χ3n) is 4.43. The van der Waals surface area contributed by atoms with Gasteiger partial charge in [-0.1, -0.05) is 6.07 Å². The summed E-state index contributed by atoms with van der Waals surface area (Å²) in [4.78, 5) is 18.1. The highest BCUT2D eigenvalue weighted by molar-refractivity contribution is 7.89. The molecule has 0 bridgehead atoms. The number of amides is 1. The number of benzene rings is 1. The Bertz CT molecular complexity index is 798. The second kappa shape index (κ2) is 7.03. The number of rotatable bonds is 3. The molecule has 2 heterocycles. The number of aryl methyl sites for hydroxylation is 1. The minimum atomic E-state index is -3.79. The van der Waals surface area contributed by atoms with Crippen molar-refractivity contribution in [2.45, 2.75) is 38.0 Å². The largest absolute Gasteiger partial charge is 0.342 e. The lowest BCUT2D eigenvalue weighted by molar-refractivity contribution is -0.114. The van der Waals surface area contributed by atoms with Gasteiger partial charge in [0.05, 0.1) is 18.8 Å². The zero-order valence-electron chi connectivity index (χ0n) is 14.7. The zero-order valence-corrected chi connectivity index (χ0v) is 15.5. The van der Waals surface area contributed by atoms with Gasteiger partial charge in [-0.25, -0.2) is 12.7 Å². The average Bonchev–Trinajstić information content (AvgIpc) is 3.07. The van der Waals surface area contributed by atoms with E-state index in [1.165, 1.54) is 17.6 Å². The molecule has 3 rings (SSSR count). The topological polar surface area (TPSA) is 82.1 Å². The molecule has 1 amide bonds. The zero-order chi connectivity index (χ0) is 18.0. The number of carbonyl (C=O) groups excluding carboxylic acids is 1. The van der Waals surface area contributed by atoms with E-state index >= 15 is 0 Å². The third kappa shape index (κ3) is 3.63. The van der Waals surface area contributed by atoms with Gasteiger partial charge in [-0.05, 0) is 43.9 Å². The molecule has 0 aliphatic carbocycles. The molecule has 25 heavy (non-hydrogen) atoms. The fourth-order valence-corrected chi connectivity index (χ4v) is 4.93. The van der Waals surface area contributed by atoms with Gasteiger partial charge in [0.1, 0.15) is 4.90 Å². The van der Waals surface area contributed by atoms with Gasteiger partial charge in [0.15, 0.2) is 0 Å². The molecular weight excluding hydrogens is 340 g/mol. The standard InChI is InChI=1S/C17H24N4O3S/c1-13-6-7-15(19-14(2)22)16(12-13)25(23,24)21-11-8-18-17(21)20-9-4-3-5-10-20/h6-7,12H,3-5,8-11H2,1-2H3,(H,19,22). The maximum atomic E-state index is 13.3. The molecule has 7 nitrogen and oxygen atoms in total. The number of aliphatic imine (C=N–C) groups is 1. The third-order valence-corrected chi connectivity index (χ3v) is 6.25. The van der Waals surface area contributed by atoms with Crippen molar-refractivity contribution in [2.75, 3.05) is 31.5 Å². The van der Waals surface area contributed by atoms with E-state index in [4.69, 9.17) is 0 Å². The molecule has 1 N–H and O–H groups in total. The van der Waals surface area contributed by atoms with Crippen LogP contribution >= 0.6 is 0 Å². The van der Waals surface area contributed by atoms with Crippen LogP contribution < -0.4 is 5.32 Å². The molecule has 136 valence electrons. The molecular formula is C17H24N4O3S. The molecule has 1 aromatic carbocycles. The van der Waals surface area contributed by atoms with Crippen LogP contribution in [0.4, 0.5) is 5.69 Å². The Labute approximate surface area is 148 Å². The summed E-state index contributed by atoms with van der Waals surface area (Å²) in [6.45, 7) is 5.66. The molecule has 0 radical (unpaired) electrons. The van der Waals surface area contributed by atoms with Crippen LogP contribution in [0.15, 0.2) is 28.1 Å². The van der Waals surface area contributed by atoms with E-state index in [2.05, 4.69) is 15.2 Å². The van der Waals surface area contributed by atoms with E-state index in [9.17, 15) is 13.2 Å². The summed E-state index contributed by atoms with van der Waals surface area (Å²) >= 11 is 0. The van der Waals surface area contributed by atoms with E-state index in [1.807, 2.05) is 6.92 Å². The number of hydrogen-bond acceptors (Lipinski definition) is 5. The van der Waals surface area contributed by atoms with Crippen LogP contribution in [0.3, 0.4) is 0 Å². The molecule has 0 unspecified atom stereocenters. The van der Waals surface area contributed by atoms with Crippen molar-refractivity contribution in [2.24, 2.45) is 4.99 Å². The van der Waals surface area contributed by atoms with Crippen molar-refractivity contribution in [3.8, 4) is 0 Å². The summed E-state index contributed by atoms with van der Waals surface area (Å²) in [5.41, 5.74) is 1.13.